The van der Waals surface area contributed by atoms with E-state index in [-0.39, 0.29) is 24.2 Å². The van der Waals surface area contributed by atoms with Gasteiger partial charge in [-0.15, -0.1) is 0 Å². The highest BCUT2D eigenvalue weighted by Crippen LogP contribution is 2.24. The molecule has 6 heteroatoms. The van der Waals surface area contributed by atoms with Gasteiger partial charge in [0.15, 0.2) is 0 Å². The maximum Gasteiger partial charge on any atom is 0.227 e. The summed E-state index contributed by atoms with van der Waals surface area (Å²) < 4.78 is 19.4. The Morgan fingerprint density at radius 1 is 1.32 bits per heavy atom. The van der Waals surface area contributed by atoms with Crippen molar-refractivity contribution in [3.05, 3.63) is 46.6 Å². The second kappa shape index (κ2) is 8.14. The summed E-state index contributed by atoms with van der Waals surface area (Å²) in [7, 11) is 0. The Morgan fingerprint density at radius 3 is 2.52 bits per heavy atom. The molecule has 136 valence electrons. The topological polar surface area (TPSA) is 58.4 Å². The number of hydrogen-bond acceptors (Lipinski definition) is 4. The van der Waals surface area contributed by atoms with E-state index in [0.717, 1.165) is 29.9 Å². The molecule has 0 aliphatic heterocycles. The number of aryl methyl sites for hydroxylation is 2. The highest BCUT2D eigenvalue weighted by atomic mass is 19.1. The molecule has 0 bridgehead atoms. The maximum absolute atomic E-state index is 14.3. The van der Waals surface area contributed by atoms with Crippen LogP contribution in [0, 0.1) is 19.7 Å². The molecule has 1 aromatic heterocycles. The molecule has 5 nitrogen and oxygen atoms in total. The summed E-state index contributed by atoms with van der Waals surface area (Å²) in [5, 5.41) is 6.74. The Kier molecular flexibility index (Phi) is 6.17. The monoisotopic (exact) mass is 347 g/mol. The molecule has 0 aliphatic carbocycles. The first-order valence-electron chi connectivity index (χ1n) is 8.62. The molecule has 1 N–H and O–H groups in total. The number of anilines is 1. The molecular formula is C19H26FN3O2. The molecule has 25 heavy (non-hydrogen) atoms. The van der Waals surface area contributed by atoms with E-state index in [0.29, 0.717) is 11.4 Å². The van der Waals surface area contributed by atoms with Crippen molar-refractivity contribution < 1.29 is 13.7 Å². The lowest BCUT2D eigenvalue weighted by Gasteiger charge is -2.22. The van der Waals surface area contributed by atoms with Crippen LogP contribution in [0.1, 0.15) is 49.3 Å². The Labute approximate surface area is 148 Å². The number of nitrogens with zero attached hydrogens (tertiary/aromatic N) is 2. The van der Waals surface area contributed by atoms with Gasteiger partial charge in [0, 0.05) is 25.2 Å². The fourth-order valence-electron chi connectivity index (χ4n) is 3.06. The van der Waals surface area contributed by atoms with Crippen molar-refractivity contribution in [3.8, 4) is 0 Å². The van der Waals surface area contributed by atoms with Gasteiger partial charge in [-0.2, -0.15) is 0 Å². The Bertz CT molecular complexity index is 719. The van der Waals surface area contributed by atoms with E-state index in [1.165, 1.54) is 6.07 Å². The minimum atomic E-state index is -0.369. The zero-order chi connectivity index (χ0) is 18.6. The molecule has 1 amide bonds. The normalized spacial score (nSPS) is 12.1. The Morgan fingerprint density at radius 2 is 2.00 bits per heavy atom. The largest absolute Gasteiger partial charge is 0.370 e. The van der Waals surface area contributed by atoms with Crippen LogP contribution in [-0.4, -0.2) is 24.2 Å². The van der Waals surface area contributed by atoms with E-state index in [2.05, 4.69) is 10.5 Å². The average molecular weight is 347 g/mol. The predicted molar refractivity (Wildman–Crippen MR) is 96.2 cm³/mol. The zero-order valence-corrected chi connectivity index (χ0v) is 15.5. The number of nitrogens with one attached hydrogen (secondary N) is 1. The molecule has 2 aromatic rings. The van der Waals surface area contributed by atoms with Crippen LogP contribution < -0.4 is 10.2 Å². The molecule has 0 radical (unpaired) electrons. The van der Waals surface area contributed by atoms with Crippen LogP contribution >= 0.6 is 0 Å². The van der Waals surface area contributed by atoms with Crippen LogP contribution in [0.5, 0.6) is 0 Å². The van der Waals surface area contributed by atoms with Crippen molar-refractivity contribution in [3.63, 3.8) is 0 Å². The van der Waals surface area contributed by atoms with Crippen LogP contribution in [0.3, 0.4) is 0 Å². The highest BCUT2D eigenvalue weighted by molar-refractivity contribution is 5.83. The molecule has 2 rings (SSSR count). The number of rotatable bonds is 7. The first-order chi connectivity index (χ1) is 11.9. The van der Waals surface area contributed by atoms with E-state index < -0.39 is 0 Å². The second-order valence-electron chi connectivity index (χ2n) is 6.14. The van der Waals surface area contributed by atoms with Crippen molar-refractivity contribution in [1.82, 2.24) is 10.5 Å². The minimum absolute atomic E-state index is 0.136. The van der Waals surface area contributed by atoms with Gasteiger partial charge in [-0.05, 0) is 52.3 Å². The number of carbonyl (C=O) groups excluding carboxylic acids is 1. The van der Waals surface area contributed by atoms with Crippen LogP contribution in [0.2, 0.25) is 0 Å². The van der Waals surface area contributed by atoms with Crippen molar-refractivity contribution >= 4 is 11.6 Å². The molecule has 1 aromatic carbocycles. The van der Waals surface area contributed by atoms with Gasteiger partial charge >= 0.3 is 0 Å². The summed E-state index contributed by atoms with van der Waals surface area (Å²) in [5.74, 6) is -0.127. The lowest BCUT2D eigenvalue weighted by Crippen LogP contribution is -2.28. The first kappa shape index (κ1) is 19.0. The van der Waals surface area contributed by atoms with Crippen LogP contribution in [0.4, 0.5) is 10.1 Å². The Hall–Kier alpha value is -2.37. The third kappa shape index (κ3) is 4.18. The maximum atomic E-state index is 14.3. The lowest BCUT2D eigenvalue weighted by atomic mass is 9.98. The second-order valence-corrected chi connectivity index (χ2v) is 6.14. The highest BCUT2D eigenvalue weighted by Gasteiger charge is 2.22. The van der Waals surface area contributed by atoms with Crippen LogP contribution in [0.15, 0.2) is 22.7 Å². The molecular weight excluding hydrogens is 321 g/mol. The zero-order valence-electron chi connectivity index (χ0n) is 15.5. The number of carbonyl (C=O) groups is 1. The lowest BCUT2D eigenvalue weighted by molar-refractivity contribution is -0.122. The number of benzene rings is 1. The van der Waals surface area contributed by atoms with Crippen molar-refractivity contribution in [2.45, 2.75) is 47.1 Å². The fourth-order valence-corrected chi connectivity index (χ4v) is 3.06. The summed E-state index contributed by atoms with van der Waals surface area (Å²) in [4.78, 5) is 14.3. The molecule has 0 aliphatic rings. The van der Waals surface area contributed by atoms with Gasteiger partial charge in [-0.1, -0.05) is 11.2 Å². The fraction of sp³-hybridized carbons (Fsp3) is 0.474. The van der Waals surface area contributed by atoms with Gasteiger partial charge in [0.25, 0.3) is 0 Å². The van der Waals surface area contributed by atoms with E-state index in [9.17, 15) is 9.18 Å². The summed E-state index contributed by atoms with van der Waals surface area (Å²) in [5.41, 5.74) is 2.84. The van der Waals surface area contributed by atoms with Gasteiger partial charge in [0.05, 0.1) is 17.3 Å². The smallest absolute Gasteiger partial charge is 0.227 e. The van der Waals surface area contributed by atoms with Gasteiger partial charge in [0.1, 0.15) is 11.6 Å². The molecule has 0 saturated carbocycles. The van der Waals surface area contributed by atoms with Gasteiger partial charge in [-0.25, -0.2) is 4.39 Å². The molecule has 0 saturated heterocycles. The molecule has 0 fully saturated rings. The number of aromatic nitrogens is 1. The quantitative estimate of drug-likeness (QED) is 0.830. The van der Waals surface area contributed by atoms with Gasteiger partial charge in [-0.3, -0.25) is 4.79 Å². The minimum Gasteiger partial charge on any atom is -0.370 e. The predicted octanol–water partition coefficient (Wildman–Crippen LogP) is 3.70. The van der Waals surface area contributed by atoms with Crippen molar-refractivity contribution in [1.29, 1.82) is 0 Å². The van der Waals surface area contributed by atoms with Gasteiger partial charge < -0.3 is 14.7 Å². The van der Waals surface area contributed by atoms with Gasteiger partial charge in [0.2, 0.25) is 5.91 Å². The number of hydrogen-bond donors (Lipinski definition) is 1. The summed E-state index contributed by atoms with van der Waals surface area (Å²) in [6.45, 7) is 11.2. The first-order valence-corrected chi connectivity index (χ1v) is 8.62. The van der Waals surface area contributed by atoms with E-state index in [1.807, 2.05) is 38.7 Å². The average Bonchev–Trinajstić information content (AvgIpc) is 2.93. The standard InChI is InChI=1S/C19H26FN3O2/c1-6-23(7-2)17-9-8-15(10-16(17)20)11-21-19(24)12(3)18-13(4)22-25-14(18)5/h8-10,12H,6-7,11H2,1-5H3,(H,21,24). The van der Waals surface area contributed by atoms with Crippen molar-refractivity contribution in [2.75, 3.05) is 18.0 Å². The van der Waals surface area contributed by atoms with Crippen molar-refractivity contribution in [2.24, 2.45) is 0 Å². The van der Waals surface area contributed by atoms with Crippen LogP contribution in [0.25, 0.3) is 0 Å². The third-order valence-corrected chi connectivity index (χ3v) is 4.50. The number of halogens is 1. The SMILES string of the molecule is CCN(CC)c1ccc(CNC(=O)C(C)c2c(C)noc2C)cc1F. The van der Waals surface area contributed by atoms with E-state index in [4.69, 9.17) is 4.52 Å². The van der Waals surface area contributed by atoms with E-state index >= 15 is 0 Å². The molecule has 1 unspecified atom stereocenters. The van der Waals surface area contributed by atoms with E-state index in [1.54, 1.807) is 13.0 Å². The molecule has 1 atom stereocenters. The number of amides is 1. The summed E-state index contributed by atoms with van der Waals surface area (Å²) in [6.07, 6.45) is 0. The molecule has 0 spiro atoms. The van der Waals surface area contributed by atoms with Crippen LogP contribution in [-0.2, 0) is 11.3 Å². The third-order valence-electron chi connectivity index (χ3n) is 4.50. The summed E-state index contributed by atoms with van der Waals surface area (Å²) in [6, 6.07) is 5.09. The summed E-state index contributed by atoms with van der Waals surface area (Å²) >= 11 is 0. The Balaban J connectivity index is 2.03. The molecule has 1 heterocycles.